The largest absolute Gasteiger partial charge is 0.294 e. The maximum Gasteiger partial charge on any atom is 0.137 e. The molecule has 0 aliphatic heterocycles. The molecule has 210 valence electrons. The van der Waals surface area contributed by atoms with E-state index in [-0.39, 0.29) is 0 Å². The van der Waals surface area contributed by atoms with Crippen LogP contribution in [0.15, 0.2) is 152 Å². The highest BCUT2D eigenvalue weighted by Gasteiger charge is 2.17. The van der Waals surface area contributed by atoms with Gasteiger partial charge in [-0.15, -0.1) is 0 Å². The second kappa shape index (κ2) is 10.2. The number of hydrogen-bond donors (Lipinski definition) is 0. The van der Waals surface area contributed by atoms with Crippen molar-refractivity contribution >= 4 is 43.5 Å². The molecule has 0 radical (unpaired) electrons. The van der Waals surface area contributed by atoms with Crippen LogP contribution in [0.4, 0.5) is 0 Å². The van der Waals surface area contributed by atoms with E-state index in [0.717, 1.165) is 61.4 Å². The number of fused-ring (bicyclic) bond motifs is 6. The van der Waals surface area contributed by atoms with Gasteiger partial charge in [0.1, 0.15) is 5.82 Å². The van der Waals surface area contributed by atoms with Crippen molar-refractivity contribution < 1.29 is 0 Å². The molecule has 45 heavy (non-hydrogen) atoms. The third-order valence-electron chi connectivity index (χ3n) is 8.58. The third-order valence-corrected chi connectivity index (χ3v) is 8.58. The highest BCUT2D eigenvalue weighted by molar-refractivity contribution is 6.21. The number of aromatic nitrogens is 5. The summed E-state index contributed by atoms with van der Waals surface area (Å²) in [5, 5.41) is 5.93. The lowest BCUT2D eigenvalue weighted by molar-refractivity contribution is 1.08. The van der Waals surface area contributed by atoms with Gasteiger partial charge in [0.25, 0.3) is 0 Å². The van der Waals surface area contributed by atoms with Crippen molar-refractivity contribution in [2.24, 2.45) is 0 Å². The molecule has 0 spiro atoms. The fourth-order valence-electron chi connectivity index (χ4n) is 6.36. The van der Waals surface area contributed by atoms with E-state index in [1.54, 1.807) is 6.20 Å². The molecule has 5 aromatic heterocycles. The summed E-state index contributed by atoms with van der Waals surface area (Å²) in [6.07, 6.45) is 7.50. The van der Waals surface area contributed by atoms with Crippen LogP contribution in [-0.4, -0.2) is 24.5 Å². The second-order valence-electron chi connectivity index (χ2n) is 11.2. The monoisotopic (exact) mass is 575 g/mol. The molecule has 0 saturated heterocycles. The molecule has 9 rings (SSSR count). The number of para-hydroxylation sites is 1. The molecule has 0 amide bonds. The van der Waals surface area contributed by atoms with Crippen LogP contribution in [0.2, 0.25) is 0 Å². The molecule has 4 aromatic carbocycles. The molecule has 0 aliphatic rings. The lowest BCUT2D eigenvalue weighted by Gasteiger charge is -2.09. The molecule has 0 fully saturated rings. The third kappa shape index (κ3) is 4.25. The summed E-state index contributed by atoms with van der Waals surface area (Å²) in [4.78, 5) is 18.9. The predicted molar refractivity (Wildman–Crippen MR) is 183 cm³/mol. The van der Waals surface area contributed by atoms with E-state index in [9.17, 15) is 0 Å². The number of rotatable bonds is 4. The van der Waals surface area contributed by atoms with Gasteiger partial charge in [-0.3, -0.25) is 14.5 Å². The van der Waals surface area contributed by atoms with Gasteiger partial charge < -0.3 is 0 Å². The van der Waals surface area contributed by atoms with Crippen LogP contribution in [0.25, 0.3) is 82.9 Å². The van der Waals surface area contributed by atoms with E-state index in [0.29, 0.717) is 0 Å². The fourth-order valence-corrected chi connectivity index (χ4v) is 6.36. The number of pyridine rings is 4. The maximum atomic E-state index is 4.93. The van der Waals surface area contributed by atoms with Crippen LogP contribution in [0.5, 0.6) is 0 Å². The Balaban J connectivity index is 1.18. The van der Waals surface area contributed by atoms with E-state index in [2.05, 4.69) is 113 Å². The van der Waals surface area contributed by atoms with Crippen molar-refractivity contribution in [2.75, 3.05) is 0 Å². The van der Waals surface area contributed by atoms with Crippen molar-refractivity contribution in [3.8, 4) is 39.5 Å². The minimum Gasteiger partial charge on any atom is -0.294 e. The van der Waals surface area contributed by atoms with Crippen molar-refractivity contribution in [3.05, 3.63) is 152 Å². The van der Waals surface area contributed by atoms with Gasteiger partial charge in [-0.1, -0.05) is 66.7 Å². The van der Waals surface area contributed by atoms with Gasteiger partial charge in [0, 0.05) is 63.2 Å². The first-order chi connectivity index (χ1) is 22.3. The SMILES string of the molecule is c1cncc(-c2ccc(-n3c4ccc(-c5ccc(-c6ccc7ccccc7n6)cn5)cc4c4c5ccccc5ccc43)nc2)c1. The van der Waals surface area contributed by atoms with Crippen LogP contribution in [0, 0.1) is 0 Å². The smallest absolute Gasteiger partial charge is 0.137 e. The lowest BCUT2D eigenvalue weighted by Crippen LogP contribution is -1.97. The molecule has 5 heteroatoms. The molecule has 0 aliphatic carbocycles. The highest BCUT2D eigenvalue weighted by atomic mass is 15.1. The zero-order valence-electron chi connectivity index (χ0n) is 24.2. The molecule has 9 aromatic rings. The van der Waals surface area contributed by atoms with Crippen molar-refractivity contribution in [1.29, 1.82) is 0 Å². The molecule has 0 saturated carbocycles. The van der Waals surface area contributed by atoms with E-state index < -0.39 is 0 Å². The Morgan fingerprint density at radius 3 is 2.07 bits per heavy atom. The quantitative estimate of drug-likeness (QED) is 0.210. The Morgan fingerprint density at radius 1 is 0.467 bits per heavy atom. The Morgan fingerprint density at radius 2 is 1.22 bits per heavy atom. The summed E-state index contributed by atoms with van der Waals surface area (Å²) in [5.74, 6) is 0.871. The first-order valence-corrected chi connectivity index (χ1v) is 15.0. The molecule has 5 heterocycles. The second-order valence-corrected chi connectivity index (χ2v) is 11.2. The molecule has 0 atom stereocenters. The summed E-state index contributed by atoms with van der Waals surface area (Å²) >= 11 is 0. The first-order valence-electron chi connectivity index (χ1n) is 15.0. The van der Waals surface area contributed by atoms with Gasteiger partial charge >= 0.3 is 0 Å². The Labute approximate surface area is 259 Å². The zero-order valence-corrected chi connectivity index (χ0v) is 24.2. The summed E-state index contributed by atoms with van der Waals surface area (Å²) in [6, 6.07) is 44.3. The van der Waals surface area contributed by atoms with Gasteiger partial charge in [-0.2, -0.15) is 0 Å². The average molecular weight is 576 g/mol. The van der Waals surface area contributed by atoms with E-state index in [4.69, 9.17) is 15.0 Å². The van der Waals surface area contributed by atoms with Gasteiger partial charge in [0.05, 0.1) is 27.9 Å². The van der Waals surface area contributed by atoms with Crippen LogP contribution in [-0.2, 0) is 0 Å². The van der Waals surface area contributed by atoms with Crippen LogP contribution >= 0.6 is 0 Å². The molecule has 0 N–H and O–H groups in total. The standard InChI is InChI=1S/C40H25N5/c1-3-9-32-26(6-1)13-19-38-40(32)33-22-28(34-16-12-31(25-42-34)36-17-11-27-7-2-4-10-35(27)44-36)14-18-37(33)45(38)39-20-15-30(24-43-39)29-8-5-21-41-23-29/h1-25H. The van der Waals surface area contributed by atoms with E-state index in [1.807, 2.05) is 42.9 Å². The number of nitrogens with zero attached hydrogens (tertiary/aromatic N) is 5. The van der Waals surface area contributed by atoms with Crippen molar-refractivity contribution in [3.63, 3.8) is 0 Å². The molecular formula is C40H25N5. The Kier molecular flexibility index (Phi) is 5.74. The number of benzene rings is 4. The van der Waals surface area contributed by atoms with Gasteiger partial charge in [0.15, 0.2) is 0 Å². The average Bonchev–Trinajstić information content (AvgIpc) is 3.46. The Bertz CT molecular complexity index is 2520. The number of hydrogen-bond acceptors (Lipinski definition) is 4. The van der Waals surface area contributed by atoms with E-state index >= 15 is 0 Å². The highest BCUT2D eigenvalue weighted by Crippen LogP contribution is 2.38. The van der Waals surface area contributed by atoms with Gasteiger partial charge in [-0.25, -0.2) is 9.97 Å². The molecule has 5 nitrogen and oxygen atoms in total. The molecule has 0 bridgehead atoms. The molecule has 0 unspecified atom stereocenters. The van der Waals surface area contributed by atoms with Gasteiger partial charge in [0.2, 0.25) is 0 Å². The fraction of sp³-hybridized carbons (Fsp3) is 0. The topological polar surface area (TPSA) is 56.5 Å². The van der Waals surface area contributed by atoms with Crippen LogP contribution < -0.4 is 0 Å². The summed E-state index contributed by atoms with van der Waals surface area (Å²) < 4.78 is 2.26. The first kappa shape index (κ1) is 25.3. The summed E-state index contributed by atoms with van der Waals surface area (Å²) in [7, 11) is 0. The van der Waals surface area contributed by atoms with Crippen molar-refractivity contribution in [2.45, 2.75) is 0 Å². The van der Waals surface area contributed by atoms with Crippen LogP contribution in [0.3, 0.4) is 0 Å². The van der Waals surface area contributed by atoms with E-state index in [1.165, 1.54) is 21.5 Å². The lowest BCUT2D eigenvalue weighted by atomic mass is 10.0. The van der Waals surface area contributed by atoms with Gasteiger partial charge in [-0.05, 0) is 71.4 Å². The van der Waals surface area contributed by atoms with Crippen LogP contribution in [0.1, 0.15) is 0 Å². The summed E-state index contributed by atoms with van der Waals surface area (Å²) in [5.41, 5.74) is 9.17. The van der Waals surface area contributed by atoms with Crippen molar-refractivity contribution in [1.82, 2.24) is 24.5 Å². The minimum absolute atomic E-state index is 0.871. The summed E-state index contributed by atoms with van der Waals surface area (Å²) in [6.45, 7) is 0. The molecular weight excluding hydrogens is 550 g/mol. The zero-order chi connectivity index (χ0) is 29.7. The minimum atomic E-state index is 0.871. The predicted octanol–water partition coefficient (Wildman–Crippen LogP) is 9.67. The normalized spacial score (nSPS) is 11.6. The maximum absolute atomic E-state index is 4.93. The Hall–Kier alpha value is -6.20.